The van der Waals surface area contributed by atoms with Crippen molar-refractivity contribution in [2.75, 3.05) is 19.7 Å². The molecule has 0 aliphatic carbocycles. The van der Waals surface area contributed by atoms with E-state index >= 15 is 0 Å². The average molecular weight is 408 g/mol. The molecule has 1 aliphatic heterocycles. The Balaban J connectivity index is 1.33. The van der Waals surface area contributed by atoms with Gasteiger partial charge in [-0.05, 0) is 48.1 Å². The second kappa shape index (κ2) is 8.01. The number of carbonyl (C=O) groups excluding carboxylic acids is 1. The first kappa shape index (κ1) is 20.3. The monoisotopic (exact) mass is 407 g/mol. The molecule has 1 N–H and O–H groups in total. The molecule has 0 unspecified atom stereocenters. The maximum Gasteiger partial charge on any atom is 0.326 e. The number of para-hydroxylation sites is 2. The first-order valence-corrected chi connectivity index (χ1v) is 10.5. The van der Waals surface area contributed by atoms with E-state index in [1.54, 1.807) is 0 Å². The van der Waals surface area contributed by atoms with Crippen molar-refractivity contribution < 1.29 is 9.53 Å². The minimum absolute atomic E-state index is 0.0142. The Bertz CT molecular complexity index is 1080. The number of piperidine rings is 1. The molecule has 2 heterocycles. The van der Waals surface area contributed by atoms with E-state index in [1.165, 1.54) is 5.56 Å². The maximum absolute atomic E-state index is 12.6. The van der Waals surface area contributed by atoms with Gasteiger partial charge in [-0.3, -0.25) is 9.36 Å². The molecule has 1 aliphatic rings. The van der Waals surface area contributed by atoms with Crippen LogP contribution in [0, 0.1) is 0 Å². The van der Waals surface area contributed by atoms with Gasteiger partial charge in [0.05, 0.1) is 11.0 Å². The van der Waals surface area contributed by atoms with Gasteiger partial charge in [-0.2, -0.15) is 0 Å². The molecule has 6 nitrogen and oxygen atoms in total. The number of nitrogens with one attached hydrogen (secondary N) is 1. The Hall–Kier alpha value is -3.02. The zero-order valence-corrected chi connectivity index (χ0v) is 17.9. The zero-order valence-electron chi connectivity index (χ0n) is 17.9. The number of benzene rings is 2. The van der Waals surface area contributed by atoms with Gasteiger partial charge in [0, 0.05) is 19.1 Å². The lowest BCUT2D eigenvalue weighted by Gasteiger charge is -2.32. The van der Waals surface area contributed by atoms with Gasteiger partial charge in [0.25, 0.3) is 5.91 Å². The summed E-state index contributed by atoms with van der Waals surface area (Å²) < 4.78 is 7.55. The fourth-order valence-corrected chi connectivity index (χ4v) is 4.10. The average Bonchev–Trinajstić information content (AvgIpc) is 3.07. The molecular formula is C24H29N3O3. The van der Waals surface area contributed by atoms with Crippen molar-refractivity contribution >= 4 is 16.9 Å². The van der Waals surface area contributed by atoms with Crippen LogP contribution in [-0.4, -0.2) is 40.1 Å². The molecule has 1 aromatic heterocycles. The van der Waals surface area contributed by atoms with Gasteiger partial charge < -0.3 is 14.6 Å². The summed E-state index contributed by atoms with van der Waals surface area (Å²) in [4.78, 5) is 29.8. The summed E-state index contributed by atoms with van der Waals surface area (Å²) in [6.07, 6.45) is 1.52. The van der Waals surface area contributed by atoms with E-state index in [9.17, 15) is 9.59 Å². The fourth-order valence-electron chi connectivity index (χ4n) is 4.10. The third-order valence-corrected chi connectivity index (χ3v) is 5.89. The summed E-state index contributed by atoms with van der Waals surface area (Å²) in [7, 11) is 0. The van der Waals surface area contributed by atoms with Gasteiger partial charge in [-0.25, -0.2) is 4.79 Å². The topological polar surface area (TPSA) is 67.3 Å². The number of imidazole rings is 1. The van der Waals surface area contributed by atoms with Crippen LogP contribution in [0.3, 0.4) is 0 Å². The highest BCUT2D eigenvalue weighted by molar-refractivity contribution is 5.78. The first-order chi connectivity index (χ1) is 14.3. The third kappa shape index (κ3) is 4.13. The highest BCUT2D eigenvalue weighted by atomic mass is 16.5. The number of amides is 1. The Morgan fingerprint density at radius 3 is 2.40 bits per heavy atom. The van der Waals surface area contributed by atoms with Crippen molar-refractivity contribution in [3.8, 4) is 5.75 Å². The van der Waals surface area contributed by atoms with Gasteiger partial charge in [-0.15, -0.1) is 0 Å². The lowest BCUT2D eigenvalue weighted by Crippen LogP contribution is -2.42. The van der Waals surface area contributed by atoms with Crippen LogP contribution in [-0.2, 0) is 10.2 Å². The van der Waals surface area contributed by atoms with Crippen LogP contribution >= 0.6 is 0 Å². The molecule has 3 aromatic rings. The molecule has 0 radical (unpaired) electrons. The van der Waals surface area contributed by atoms with Crippen molar-refractivity contribution in [1.29, 1.82) is 0 Å². The number of rotatable bonds is 4. The Morgan fingerprint density at radius 1 is 1.07 bits per heavy atom. The van der Waals surface area contributed by atoms with Gasteiger partial charge in [0.1, 0.15) is 5.75 Å². The number of H-pyrrole nitrogens is 1. The van der Waals surface area contributed by atoms with Crippen LogP contribution in [0.2, 0.25) is 0 Å². The summed E-state index contributed by atoms with van der Waals surface area (Å²) in [5.41, 5.74) is 3.02. The molecule has 1 amide bonds. The van der Waals surface area contributed by atoms with Crippen molar-refractivity contribution in [3.05, 3.63) is 64.6 Å². The van der Waals surface area contributed by atoms with Crippen molar-refractivity contribution in [3.63, 3.8) is 0 Å². The van der Waals surface area contributed by atoms with Crippen LogP contribution in [0.4, 0.5) is 0 Å². The lowest BCUT2D eigenvalue weighted by molar-refractivity contribution is -0.134. The third-order valence-electron chi connectivity index (χ3n) is 5.89. The van der Waals surface area contributed by atoms with Crippen LogP contribution in [0.25, 0.3) is 11.0 Å². The van der Waals surface area contributed by atoms with E-state index < -0.39 is 0 Å². The Kier molecular flexibility index (Phi) is 5.41. The molecule has 158 valence electrons. The molecule has 4 rings (SSSR count). The van der Waals surface area contributed by atoms with E-state index in [0.29, 0.717) is 18.8 Å². The predicted octanol–water partition coefficient (Wildman–Crippen LogP) is 3.87. The molecule has 1 fully saturated rings. The summed E-state index contributed by atoms with van der Waals surface area (Å²) >= 11 is 0. The smallest absolute Gasteiger partial charge is 0.326 e. The summed E-state index contributed by atoms with van der Waals surface area (Å²) in [6.45, 7) is 7.79. The van der Waals surface area contributed by atoms with Crippen LogP contribution < -0.4 is 10.4 Å². The molecule has 1 saturated heterocycles. The molecule has 6 heteroatoms. The quantitative estimate of drug-likeness (QED) is 0.714. The molecule has 0 spiro atoms. The largest absolute Gasteiger partial charge is 0.484 e. The molecule has 2 aromatic carbocycles. The SMILES string of the molecule is CC(C)(C)c1ccc(OCC(=O)N2CCC(n3c(=O)[nH]c4ccccc43)CC2)cc1. The fraction of sp³-hybridized carbons (Fsp3) is 0.417. The van der Waals surface area contributed by atoms with Crippen molar-refractivity contribution in [2.45, 2.75) is 45.1 Å². The predicted molar refractivity (Wildman–Crippen MR) is 118 cm³/mol. The minimum atomic E-state index is -0.0805. The van der Waals surface area contributed by atoms with E-state index in [4.69, 9.17) is 4.74 Å². The standard InChI is InChI=1S/C24H29N3O3/c1-24(2,3)17-8-10-19(11-9-17)30-16-22(28)26-14-12-18(13-15-26)27-21-7-5-4-6-20(21)25-23(27)29/h4-11,18H,12-16H2,1-3H3,(H,25,29). The Labute approximate surface area is 176 Å². The van der Waals surface area contributed by atoms with Gasteiger partial charge in [-0.1, -0.05) is 45.0 Å². The first-order valence-electron chi connectivity index (χ1n) is 10.5. The normalized spacial score (nSPS) is 15.5. The number of aromatic amines is 1. The van der Waals surface area contributed by atoms with E-state index in [-0.39, 0.29) is 29.7 Å². The molecule has 0 bridgehead atoms. The van der Waals surface area contributed by atoms with Gasteiger partial charge >= 0.3 is 5.69 Å². The maximum atomic E-state index is 12.6. The van der Waals surface area contributed by atoms with Crippen molar-refractivity contribution in [1.82, 2.24) is 14.5 Å². The molecule has 0 atom stereocenters. The second-order valence-corrected chi connectivity index (χ2v) is 8.99. The summed E-state index contributed by atoms with van der Waals surface area (Å²) in [5, 5.41) is 0. The highest BCUT2D eigenvalue weighted by Crippen LogP contribution is 2.26. The number of likely N-dealkylation sites (tertiary alicyclic amines) is 1. The number of nitrogens with zero attached hydrogens (tertiary/aromatic N) is 2. The lowest BCUT2D eigenvalue weighted by atomic mass is 9.87. The van der Waals surface area contributed by atoms with Crippen molar-refractivity contribution in [2.24, 2.45) is 0 Å². The van der Waals surface area contributed by atoms with Gasteiger partial charge in [0.2, 0.25) is 0 Å². The number of ether oxygens (including phenoxy) is 1. The molecular weight excluding hydrogens is 378 g/mol. The Morgan fingerprint density at radius 2 is 1.73 bits per heavy atom. The van der Waals surface area contributed by atoms with E-state index in [1.807, 2.05) is 58.0 Å². The number of aromatic nitrogens is 2. The summed E-state index contributed by atoms with van der Waals surface area (Å²) in [6, 6.07) is 15.8. The number of carbonyl (C=O) groups is 1. The van der Waals surface area contributed by atoms with Crippen LogP contribution in [0.5, 0.6) is 5.75 Å². The zero-order chi connectivity index (χ0) is 21.3. The van der Waals surface area contributed by atoms with E-state index in [0.717, 1.165) is 23.9 Å². The van der Waals surface area contributed by atoms with E-state index in [2.05, 4.69) is 25.8 Å². The number of hydrogen-bond donors (Lipinski definition) is 1. The second-order valence-electron chi connectivity index (χ2n) is 8.99. The van der Waals surface area contributed by atoms with Crippen LogP contribution in [0.15, 0.2) is 53.3 Å². The number of hydrogen-bond acceptors (Lipinski definition) is 3. The highest BCUT2D eigenvalue weighted by Gasteiger charge is 2.26. The number of fused-ring (bicyclic) bond motifs is 1. The van der Waals surface area contributed by atoms with Crippen LogP contribution in [0.1, 0.15) is 45.2 Å². The molecule has 30 heavy (non-hydrogen) atoms. The minimum Gasteiger partial charge on any atom is -0.484 e. The van der Waals surface area contributed by atoms with Gasteiger partial charge in [0.15, 0.2) is 6.61 Å². The molecule has 0 saturated carbocycles. The summed E-state index contributed by atoms with van der Waals surface area (Å²) in [5.74, 6) is 0.691.